The lowest BCUT2D eigenvalue weighted by atomic mass is 10.1. The number of anilines is 1. The normalized spacial score (nSPS) is 14.6. The monoisotopic (exact) mass is 364 g/mol. The van der Waals surface area contributed by atoms with Gasteiger partial charge in [0.2, 0.25) is 0 Å². The first-order valence-corrected chi connectivity index (χ1v) is 9.17. The first-order chi connectivity index (χ1) is 12.9. The molecular formula is C21H24N4O2. The van der Waals surface area contributed by atoms with Crippen LogP contribution < -0.4 is 4.90 Å². The predicted molar refractivity (Wildman–Crippen MR) is 104 cm³/mol. The van der Waals surface area contributed by atoms with Crippen molar-refractivity contribution in [3.63, 3.8) is 0 Å². The predicted octanol–water partition coefficient (Wildman–Crippen LogP) is 3.06. The van der Waals surface area contributed by atoms with E-state index in [9.17, 15) is 14.9 Å². The van der Waals surface area contributed by atoms with Crippen molar-refractivity contribution in [1.82, 2.24) is 9.88 Å². The number of carbonyl (C=O) groups excluding carboxylic acids is 2. The smallest absolute Gasteiger partial charge is 0.270 e. The van der Waals surface area contributed by atoms with Gasteiger partial charge in [-0.25, -0.2) is 0 Å². The maximum atomic E-state index is 13.0. The first kappa shape index (κ1) is 18.7. The molecule has 0 saturated carbocycles. The molecule has 1 aliphatic heterocycles. The molecule has 1 amide bonds. The van der Waals surface area contributed by atoms with Crippen LogP contribution in [0.25, 0.3) is 0 Å². The van der Waals surface area contributed by atoms with Gasteiger partial charge in [0.1, 0.15) is 11.8 Å². The average molecular weight is 364 g/mol. The van der Waals surface area contributed by atoms with E-state index in [1.54, 1.807) is 0 Å². The molecule has 0 aliphatic carbocycles. The summed E-state index contributed by atoms with van der Waals surface area (Å²) in [5.41, 5.74) is 4.14. The number of nitriles is 1. The molecule has 1 saturated heterocycles. The van der Waals surface area contributed by atoms with Gasteiger partial charge in [-0.2, -0.15) is 5.26 Å². The van der Waals surface area contributed by atoms with Crippen LogP contribution in [-0.4, -0.2) is 47.8 Å². The summed E-state index contributed by atoms with van der Waals surface area (Å²) in [4.78, 5) is 32.0. The molecule has 1 N–H and O–H groups in total. The second kappa shape index (κ2) is 7.67. The van der Waals surface area contributed by atoms with Gasteiger partial charge in [-0.3, -0.25) is 9.59 Å². The second-order valence-corrected chi connectivity index (χ2v) is 6.94. The summed E-state index contributed by atoms with van der Waals surface area (Å²) in [6, 6.07) is 9.80. The molecule has 27 heavy (non-hydrogen) atoms. The van der Waals surface area contributed by atoms with Gasteiger partial charge in [-0.05, 0) is 44.9 Å². The Morgan fingerprint density at radius 3 is 2.52 bits per heavy atom. The van der Waals surface area contributed by atoms with E-state index < -0.39 is 0 Å². The molecule has 140 valence electrons. The zero-order chi connectivity index (χ0) is 19.6. The number of nitrogens with one attached hydrogen (secondary N) is 1. The largest absolute Gasteiger partial charge is 0.369 e. The average Bonchev–Trinajstić information content (AvgIpc) is 2.83. The van der Waals surface area contributed by atoms with E-state index in [0.717, 1.165) is 29.9 Å². The maximum absolute atomic E-state index is 13.0. The Kier molecular flexibility index (Phi) is 5.31. The highest BCUT2D eigenvalue weighted by Gasteiger charge is 2.26. The standard InChI is InChI=1S/C21H24N4O2/c1-14-19(16(3)26)15(2)23-20(14)21(27)25-10-6-9-24(11-12-25)18-8-5-4-7-17(18)13-22/h4-5,7-8,23H,6,9-12H2,1-3H3. The number of aryl methyl sites for hydroxylation is 1. The summed E-state index contributed by atoms with van der Waals surface area (Å²) in [6.45, 7) is 7.85. The number of Topliss-reactive ketones (excluding diaryl/α,β-unsaturated/α-hetero) is 1. The van der Waals surface area contributed by atoms with Crippen LogP contribution in [0.3, 0.4) is 0 Å². The third-order valence-electron chi connectivity index (χ3n) is 5.15. The Bertz CT molecular complexity index is 923. The summed E-state index contributed by atoms with van der Waals surface area (Å²) in [5, 5.41) is 9.34. The second-order valence-electron chi connectivity index (χ2n) is 6.94. The van der Waals surface area contributed by atoms with Gasteiger partial charge in [0, 0.05) is 37.4 Å². The third kappa shape index (κ3) is 3.59. The number of hydrogen-bond donors (Lipinski definition) is 1. The third-order valence-corrected chi connectivity index (χ3v) is 5.15. The fraction of sp³-hybridized carbons (Fsp3) is 0.381. The van der Waals surface area contributed by atoms with Crippen molar-refractivity contribution in [3.8, 4) is 6.07 Å². The van der Waals surface area contributed by atoms with Crippen LogP contribution in [0.4, 0.5) is 5.69 Å². The molecule has 0 bridgehead atoms. The van der Waals surface area contributed by atoms with Crippen LogP contribution in [0, 0.1) is 25.2 Å². The van der Waals surface area contributed by atoms with Crippen LogP contribution in [0.2, 0.25) is 0 Å². The number of hydrogen-bond acceptors (Lipinski definition) is 4. The SMILES string of the molecule is CC(=O)c1c(C)[nH]c(C(=O)N2CCCN(c3ccccc3C#N)CC2)c1C. The van der Waals surface area contributed by atoms with Gasteiger partial charge in [-0.15, -0.1) is 0 Å². The van der Waals surface area contributed by atoms with Gasteiger partial charge in [0.15, 0.2) is 5.78 Å². The van der Waals surface area contributed by atoms with Crippen molar-refractivity contribution in [2.45, 2.75) is 27.2 Å². The fourth-order valence-corrected chi connectivity index (χ4v) is 3.86. The van der Waals surface area contributed by atoms with Crippen molar-refractivity contribution >= 4 is 17.4 Å². The lowest BCUT2D eigenvalue weighted by Gasteiger charge is -2.24. The van der Waals surface area contributed by atoms with Crippen LogP contribution in [0.5, 0.6) is 0 Å². The molecule has 0 unspecified atom stereocenters. The topological polar surface area (TPSA) is 80.2 Å². The van der Waals surface area contributed by atoms with Gasteiger partial charge in [-0.1, -0.05) is 12.1 Å². The van der Waals surface area contributed by atoms with Crippen molar-refractivity contribution in [3.05, 3.63) is 52.3 Å². The number of carbonyl (C=O) groups is 2. The maximum Gasteiger partial charge on any atom is 0.270 e. The minimum Gasteiger partial charge on any atom is -0.369 e. The Labute approximate surface area is 159 Å². The molecule has 6 nitrogen and oxygen atoms in total. The molecular weight excluding hydrogens is 340 g/mol. The van der Waals surface area contributed by atoms with E-state index in [2.05, 4.69) is 16.0 Å². The minimum atomic E-state index is -0.0708. The number of ketones is 1. The zero-order valence-electron chi connectivity index (χ0n) is 16.0. The number of rotatable bonds is 3. The highest BCUT2D eigenvalue weighted by atomic mass is 16.2. The summed E-state index contributed by atoms with van der Waals surface area (Å²) in [5.74, 6) is -0.103. The van der Waals surface area contributed by atoms with Gasteiger partial charge >= 0.3 is 0 Å². The Morgan fingerprint density at radius 1 is 1.11 bits per heavy atom. The molecule has 0 atom stereocenters. The van der Waals surface area contributed by atoms with E-state index in [4.69, 9.17) is 0 Å². The number of aromatic nitrogens is 1. The number of para-hydroxylation sites is 1. The number of amides is 1. The molecule has 6 heteroatoms. The summed E-state index contributed by atoms with van der Waals surface area (Å²) in [7, 11) is 0. The molecule has 0 radical (unpaired) electrons. The van der Waals surface area contributed by atoms with Gasteiger partial charge in [0.25, 0.3) is 5.91 Å². The van der Waals surface area contributed by atoms with E-state index in [0.29, 0.717) is 36.5 Å². The molecule has 1 aliphatic rings. The van der Waals surface area contributed by atoms with Crippen LogP contribution in [-0.2, 0) is 0 Å². The highest BCUT2D eigenvalue weighted by Crippen LogP contribution is 2.23. The van der Waals surface area contributed by atoms with E-state index in [-0.39, 0.29) is 11.7 Å². The molecule has 1 fully saturated rings. The van der Waals surface area contributed by atoms with Crippen molar-refractivity contribution in [1.29, 1.82) is 5.26 Å². The van der Waals surface area contributed by atoms with Crippen molar-refractivity contribution in [2.24, 2.45) is 0 Å². The molecule has 1 aromatic carbocycles. The summed E-state index contributed by atoms with van der Waals surface area (Å²) in [6.07, 6.45) is 0.823. The number of benzene rings is 1. The van der Waals surface area contributed by atoms with Crippen molar-refractivity contribution in [2.75, 3.05) is 31.1 Å². The lowest BCUT2D eigenvalue weighted by Crippen LogP contribution is -2.35. The number of aromatic amines is 1. The molecule has 0 spiro atoms. The Morgan fingerprint density at radius 2 is 1.85 bits per heavy atom. The number of H-pyrrole nitrogens is 1. The highest BCUT2D eigenvalue weighted by molar-refractivity contribution is 6.02. The van der Waals surface area contributed by atoms with Crippen LogP contribution in [0.1, 0.15) is 51.0 Å². The van der Waals surface area contributed by atoms with E-state index in [1.165, 1.54) is 6.92 Å². The zero-order valence-corrected chi connectivity index (χ0v) is 16.0. The van der Waals surface area contributed by atoms with E-state index >= 15 is 0 Å². The first-order valence-electron chi connectivity index (χ1n) is 9.17. The fourth-order valence-electron chi connectivity index (χ4n) is 3.86. The quantitative estimate of drug-likeness (QED) is 0.849. The number of nitrogens with zero attached hydrogens (tertiary/aromatic N) is 3. The molecule has 2 heterocycles. The molecule has 3 rings (SSSR count). The van der Waals surface area contributed by atoms with Crippen LogP contribution in [0.15, 0.2) is 24.3 Å². The Balaban J connectivity index is 1.79. The molecule has 1 aromatic heterocycles. The van der Waals surface area contributed by atoms with E-state index in [1.807, 2.05) is 43.0 Å². The van der Waals surface area contributed by atoms with Crippen molar-refractivity contribution < 1.29 is 9.59 Å². The minimum absolute atomic E-state index is 0.0320. The Hall–Kier alpha value is -3.07. The van der Waals surface area contributed by atoms with Gasteiger partial charge < -0.3 is 14.8 Å². The summed E-state index contributed by atoms with van der Waals surface area (Å²) < 4.78 is 0. The van der Waals surface area contributed by atoms with Gasteiger partial charge in [0.05, 0.1) is 11.3 Å². The lowest BCUT2D eigenvalue weighted by molar-refractivity contribution is 0.0761. The molecule has 2 aromatic rings. The summed E-state index contributed by atoms with van der Waals surface area (Å²) >= 11 is 0. The van der Waals surface area contributed by atoms with Crippen LogP contribution >= 0.6 is 0 Å².